The third-order valence-electron chi connectivity index (χ3n) is 1.44. The number of nitrogens with zero attached hydrogens (tertiary/aromatic N) is 1. The average Bonchev–Trinajstić information content (AvgIpc) is 2.02. The number of aliphatic imine (C=N–C) groups is 1. The molecule has 5 heteroatoms. The molecule has 0 fully saturated rings. The third-order valence-corrected chi connectivity index (χ3v) is 1.68. The van der Waals surface area contributed by atoms with Crippen LogP contribution < -0.4 is 42.8 Å². The first kappa shape index (κ1) is 18.5. The number of hydrogen-bond acceptors (Lipinski definition) is 2. The zero-order valence-corrected chi connectivity index (χ0v) is 11.2. The maximum absolute atomic E-state index is 11.5. The van der Waals surface area contributed by atoms with E-state index in [1.165, 1.54) is 0 Å². The number of rotatable bonds is 1. The van der Waals surface area contributed by atoms with Crippen molar-refractivity contribution >= 4 is 17.5 Å². The molecule has 0 atom stereocenters. The number of benzene rings is 1. The molecule has 0 aliphatic carbocycles. The van der Waals surface area contributed by atoms with E-state index in [0.29, 0.717) is 10.6 Å². The van der Waals surface area contributed by atoms with E-state index in [-0.39, 0.29) is 49.2 Å². The van der Waals surface area contributed by atoms with Crippen LogP contribution in [-0.4, -0.2) is 11.4 Å². The van der Waals surface area contributed by atoms with Gasteiger partial charge in [-0.1, -0.05) is 0 Å². The van der Waals surface area contributed by atoms with E-state index < -0.39 is 0 Å². The predicted molar refractivity (Wildman–Crippen MR) is 56.6 cm³/mol. The molecule has 0 unspecified atom stereocenters. The van der Waals surface area contributed by atoms with Crippen molar-refractivity contribution < 1.29 is 42.8 Å². The van der Waals surface area contributed by atoms with Gasteiger partial charge in [-0.2, -0.15) is 0 Å². The minimum atomic E-state index is -0.357. The molecular formula is C11H12ClLi2NO. The van der Waals surface area contributed by atoms with Crippen molar-refractivity contribution in [2.75, 3.05) is 0 Å². The predicted octanol–water partition coefficient (Wildman–Crippen LogP) is -3.95. The van der Waals surface area contributed by atoms with Crippen molar-refractivity contribution in [3.8, 4) is 0 Å². The van der Waals surface area contributed by atoms with Gasteiger partial charge in [-0.05, 0) is 25.8 Å². The Labute approximate surface area is 126 Å². The van der Waals surface area contributed by atoms with E-state index >= 15 is 0 Å². The molecule has 1 aromatic carbocycles. The molecule has 0 saturated carbocycles. The van der Waals surface area contributed by atoms with Gasteiger partial charge in [0.25, 0.3) is 0 Å². The van der Waals surface area contributed by atoms with Crippen molar-refractivity contribution in [1.29, 1.82) is 0 Å². The Morgan fingerprint density at radius 3 is 2.25 bits per heavy atom. The molecule has 1 aromatic rings. The molecule has 0 heterocycles. The van der Waals surface area contributed by atoms with Gasteiger partial charge >= 0.3 is 37.7 Å². The summed E-state index contributed by atoms with van der Waals surface area (Å²) < 4.78 is 0. The van der Waals surface area contributed by atoms with Crippen LogP contribution >= 0.6 is 11.6 Å². The van der Waals surface area contributed by atoms with Crippen LogP contribution in [0.1, 0.15) is 26.3 Å². The molecule has 16 heavy (non-hydrogen) atoms. The molecule has 0 N–H and O–H groups in total. The average molecular weight is 224 g/mol. The minimum absolute atomic E-state index is 0. The fourth-order valence-corrected chi connectivity index (χ4v) is 1.02. The molecule has 0 spiro atoms. The molecule has 0 saturated heterocycles. The molecule has 76 valence electrons. The Hall–Kier alpha value is 0.175. The third kappa shape index (κ3) is 6.69. The summed E-state index contributed by atoms with van der Waals surface area (Å²) in [6.07, 6.45) is 0. The summed E-state index contributed by atoms with van der Waals surface area (Å²) in [5, 5.41) is 12.1. The number of hydrogen-bond donors (Lipinski definition) is 0. The van der Waals surface area contributed by atoms with Crippen molar-refractivity contribution in [3.63, 3.8) is 0 Å². The molecule has 0 aromatic heterocycles. The van der Waals surface area contributed by atoms with Gasteiger partial charge in [0.1, 0.15) is 0 Å². The summed E-state index contributed by atoms with van der Waals surface area (Å²) in [6.45, 7) is 5.63. The molecule has 0 amide bonds. The quantitative estimate of drug-likeness (QED) is 0.207. The van der Waals surface area contributed by atoms with Crippen LogP contribution in [0.4, 0.5) is 0 Å². The summed E-state index contributed by atoms with van der Waals surface area (Å²) in [4.78, 5) is 4.00. The van der Waals surface area contributed by atoms with Gasteiger partial charge in [-0.25, -0.2) is 0 Å². The van der Waals surface area contributed by atoms with Crippen LogP contribution in [0.5, 0.6) is 0 Å². The van der Waals surface area contributed by atoms with E-state index in [9.17, 15) is 5.11 Å². The van der Waals surface area contributed by atoms with Crippen LogP contribution in [0.25, 0.3) is 0 Å². The first-order chi connectivity index (χ1) is 6.38. The number of halogens is 1. The van der Waals surface area contributed by atoms with Crippen molar-refractivity contribution in [2.45, 2.75) is 26.3 Å². The molecule has 2 nitrogen and oxygen atoms in total. The first-order valence-corrected chi connectivity index (χ1v) is 4.71. The summed E-state index contributed by atoms with van der Waals surface area (Å²) in [7, 11) is 0. The van der Waals surface area contributed by atoms with E-state index in [1.807, 2.05) is 20.8 Å². The fourth-order valence-electron chi connectivity index (χ4n) is 0.904. The standard InChI is InChI=1S/C11H13ClNO.2Li/c1-11(2,3)13-10(14)8-4-6-9(12)7-5-8;;/h4,6-7H,1-3H3,(H,13,14);;/q-1;2*+1/p-1. The largest absolute Gasteiger partial charge is 1.00 e. The van der Waals surface area contributed by atoms with Gasteiger partial charge in [0.2, 0.25) is 0 Å². The first-order valence-electron chi connectivity index (χ1n) is 4.33. The topological polar surface area (TPSA) is 35.4 Å². The van der Waals surface area contributed by atoms with Gasteiger partial charge < -0.3 is 10.1 Å². The van der Waals surface area contributed by atoms with Gasteiger partial charge in [0.15, 0.2) is 0 Å². The second-order valence-electron chi connectivity index (χ2n) is 4.01. The second kappa shape index (κ2) is 7.49. The van der Waals surface area contributed by atoms with Gasteiger partial charge in [0, 0.05) is 5.54 Å². The summed E-state index contributed by atoms with van der Waals surface area (Å²) in [5.41, 5.74) is 0.0919. The Balaban J connectivity index is 0. The Morgan fingerprint density at radius 2 is 1.88 bits per heavy atom. The van der Waals surface area contributed by atoms with E-state index in [2.05, 4.69) is 11.1 Å². The van der Waals surface area contributed by atoms with Gasteiger partial charge in [0.05, 0.1) is 0 Å². The maximum Gasteiger partial charge on any atom is 1.00 e. The molecule has 0 bridgehead atoms. The van der Waals surface area contributed by atoms with Crippen LogP contribution in [0.15, 0.2) is 23.2 Å². The SMILES string of the molecule is CC(C)(C)N=C([O-])c1[c-]cc(Cl)cc1.[Li+].[Li+]. The van der Waals surface area contributed by atoms with Crippen molar-refractivity contribution in [2.24, 2.45) is 4.99 Å². The maximum atomic E-state index is 11.5. The monoisotopic (exact) mass is 223 g/mol. The van der Waals surface area contributed by atoms with Crippen LogP contribution in [0.3, 0.4) is 0 Å². The second-order valence-corrected chi connectivity index (χ2v) is 4.44. The zero-order valence-electron chi connectivity index (χ0n) is 10.5. The zero-order chi connectivity index (χ0) is 10.8. The normalized spacial score (nSPS) is 11.4. The molecular weight excluding hydrogens is 211 g/mol. The van der Waals surface area contributed by atoms with E-state index in [1.54, 1.807) is 18.2 Å². The Kier molecular flexibility index (Phi) is 8.68. The molecule has 1 rings (SSSR count). The summed E-state index contributed by atoms with van der Waals surface area (Å²) >= 11 is 5.68. The van der Waals surface area contributed by atoms with Crippen LogP contribution in [0.2, 0.25) is 5.02 Å². The van der Waals surface area contributed by atoms with Gasteiger partial charge in [-0.15, -0.1) is 47.3 Å². The minimum Gasteiger partial charge on any atom is -0.901 e. The Bertz CT molecular complexity index is 344. The van der Waals surface area contributed by atoms with Crippen molar-refractivity contribution in [1.82, 2.24) is 0 Å². The van der Waals surface area contributed by atoms with E-state index in [0.717, 1.165) is 0 Å². The van der Waals surface area contributed by atoms with E-state index in [4.69, 9.17) is 11.6 Å². The van der Waals surface area contributed by atoms with Crippen LogP contribution in [0, 0.1) is 6.07 Å². The van der Waals surface area contributed by atoms with Gasteiger partial charge in [-0.3, -0.25) is 0 Å². The summed E-state index contributed by atoms with van der Waals surface area (Å²) in [5.74, 6) is -0.255. The molecule has 0 aliphatic rings. The van der Waals surface area contributed by atoms with Crippen molar-refractivity contribution in [3.05, 3.63) is 34.9 Å². The Morgan fingerprint density at radius 1 is 1.31 bits per heavy atom. The molecule has 0 radical (unpaired) electrons. The fraction of sp³-hybridized carbons (Fsp3) is 0.364. The summed E-state index contributed by atoms with van der Waals surface area (Å²) in [6, 6.07) is 7.63. The van der Waals surface area contributed by atoms with Crippen LogP contribution in [-0.2, 0) is 0 Å². The molecule has 0 aliphatic heterocycles. The smallest absolute Gasteiger partial charge is 0.901 e.